The van der Waals surface area contributed by atoms with Gasteiger partial charge in [0.05, 0.1) is 10.6 Å². The maximum atomic E-state index is 10.9. The van der Waals surface area contributed by atoms with Crippen LogP contribution in [-0.4, -0.2) is 18.0 Å². The van der Waals surface area contributed by atoms with Crippen LogP contribution in [-0.2, 0) is 10.1 Å². The Hall–Kier alpha value is -1.33. The van der Waals surface area contributed by atoms with Crippen LogP contribution in [0, 0.1) is 0 Å². The van der Waals surface area contributed by atoms with Gasteiger partial charge in [0.15, 0.2) is 10.1 Å². The van der Waals surface area contributed by atoms with Gasteiger partial charge in [0.1, 0.15) is 15.8 Å². The summed E-state index contributed by atoms with van der Waals surface area (Å²) in [7, 11) is -4.49. The Labute approximate surface area is 181 Å². The van der Waals surface area contributed by atoms with Gasteiger partial charge in [-0.1, -0.05) is 35.1 Å². The predicted molar refractivity (Wildman–Crippen MR) is 95.6 cm³/mol. The number of nitrogens with two attached hydrogens (primary N) is 1. The molecule has 0 aliphatic heterocycles. The topological polar surface area (TPSA) is 121 Å². The molecule has 0 fully saturated rings. The number of anilines is 1. The summed E-state index contributed by atoms with van der Waals surface area (Å²) in [6.45, 7) is 0. The number of hydrogen-bond acceptors (Lipinski definition) is 8. The molecule has 0 unspecified atom stereocenters. The number of hydrogen-bond donors (Lipinski definition) is 1. The van der Waals surface area contributed by atoms with Crippen molar-refractivity contribution in [2.45, 2.75) is 4.90 Å². The molecule has 2 aromatic carbocycles. The number of nitrogen functional groups attached to an aromatic ring is 1. The summed E-state index contributed by atoms with van der Waals surface area (Å²) in [4.78, 5) is 3.92. The number of nitrogens with zero attached hydrogens (tertiary/aromatic N) is 3. The van der Waals surface area contributed by atoms with Gasteiger partial charge >= 0.3 is 29.6 Å². The van der Waals surface area contributed by atoms with Gasteiger partial charge in [-0.25, -0.2) is 13.4 Å². The van der Waals surface area contributed by atoms with Gasteiger partial charge in [0.25, 0.3) is 0 Å². The molecule has 3 aromatic rings. The summed E-state index contributed by atoms with van der Waals surface area (Å²) in [6, 6.07) is 12.2. The first-order valence-electron chi connectivity index (χ1n) is 6.83. The molecule has 0 amide bonds. The fourth-order valence-corrected chi connectivity index (χ4v) is 3.25. The van der Waals surface area contributed by atoms with Crippen LogP contribution in [0.3, 0.4) is 0 Å². The van der Waals surface area contributed by atoms with Crippen LogP contribution in [0.2, 0.25) is 5.02 Å². The van der Waals surface area contributed by atoms with Crippen molar-refractivity contribution in [2.24, 2.45) is 10.2 Å². The average Bonchev–Trinajstić information content (AvgIpc) is 2.94. The molecule has 26 heavy (non-hydrogen) atoms. The zero-order valence-electron chi connectivity index (χ0n) is 13.5. The van der Waals surface area contributed by atoms with E-state index in [1.165, 1.54) is 35.6 Å². The van der Waals surface area contributed by atoms with Crippen molar-refractivity contribution in [1.29, 1.82) is 0 Å². The third-order valence-corrected chi connectivity index (χ3v) is 5.00. The van der Waals surface area contributed by atoms with Crippen LogP contribution < -0.4 is 35.3 Å². The van der Waals surface area contributed by atoms with Crippen LogP contribution in [0.25, 0.3) is 11.3 Å². The molecule has 1 aromatic heterocycles. The largest absolute Gasteiger partial charge is 1.00 e. The second kappa shape index (κ2) is 8.57. The summed E-state index contributed by atoms with van der Waals surface area (Å²) in [5, 5.41) is 9.60. The van der Waals surface area contributed by atoms with E-state index >= 15 is 0 Å². The minimum atomic E-state index is -4.49. The van der Waals surface area contributed by atoms with E-state index in [4.69, 9.17) is 17.3 Å². The quantitative estimate of drug-likeness (QED) is 0.391. The van der Waals surface area contributed by atoms with E-state index in [9.17, 15) is 13.0 Å². The molecule has 0 radical (unpaired) electrons. The Balaban J connectivity index is 0.00000243. The molecule has 0 atom stereocenters. The van der Waals surface area contributed by atoms with Gasteiger partial charge in [-0.15, -0.1) is 10.2 Å². The number of azo groups is 1. The Morgan fingerprint density at radius 3 is 2.23 bits per heavy atom. The molecule has 0 saturated carbocycles. The standard InChI is InChI=1S/C15H11ClN4O3S2.Na/c16-10-3-1-9(2-4-10)13-14(24-15(17)18-13)20-19-11-5-7-12(8-6-11)25(21,22)23;/h1-8H,(H2,17,18)(H,21,22,23);/q;+1/p-1. The van der Waals surface area contributed by atoms with Crippen LogP contribution in [0.4, 0.5) is 15.8 Å². The second-order valence-corrected chi connectivity index (χ2v) is 7.69. The maximum absolute atomic E-state index is 10.9. The summed E-state index contributed by atoms with van der Waals surface area (Å²) in [6.07, 6.45) is 0. The molecule has 0 aliphatic carbocycles. The molecule has 0 aliphatic rings. The van der Waals surface area contributed by atoms with Crippen molar-refractivity contribution in [3.63, 3.8) is 0 Å². The number of aromatic nitrogens is 1. The fourth-order valence-electron chi connectivity index (χ4n) is 1.97. The van der Waals surface area contributed by atoms with Crippen LogP contribution in [0.15, 0.2) is 63.7 Å². The zero-order valence-corrected chi connectivity index (χ0v) is 17.8. The van der Waals surface area contributed by atoms with E-state index in [1.807, 2.05) is 0 Å². The van der Waals surface area contributed by atoms with Crippen LogP contribution >= 0.6 is 22.9 Å². The van der Waals surface area contributed by atoms with E-state index in [2.05, 4.69) is 15.2 Å². The molecule has 128 valence electrons. The van der Waals surface area contributed by atoms with Crippen molar-refractivity contribution >= 4 is 48.9 Å². The Morgan fingerprint density at radius 1 is 1.04 bits per heavy atom. The number of benzene rings is 2. The molecule has 0 saturated heterocycles. The smallest absolute Gasteiger partial charge is 0.744 e. The van der Waals surface area contributed by atoms with Crippen LogP contribution in [0.5, 0.6) is 0 Å². The Kier molecular flexibility index (Phi) is 6.92. The Bertz CT molecular complexity index is 1040. The summed E-state index contributed by atoms with van der Waals surface area (Å²) < 4.78 is 32.7. The van der Waals surface area contributed by atoms with Crippen molar-refractivity contribution < 1.29 is 42.5 Å². The average molecular weight is 417 g/mol. The number of thiazole rings is 1. The third-order valence-electron chi connectivity index (χ3n) is 3.13. The van der Waals surface area contributed by atoms with E-state index in [-0.39, 0.29) is 34.5 Å². The van der Waals surface area contributed by atoms with E-state index in [0.29, 0.717) is 26.5 Å². The molecule has 0 bridgehead atoms. The molecule has 1 heterocycles. The summed E-state index contributed by atoms with van der Waals surface area (Å²) in [5.41, 5.74) is 7.51. The van der Waals surface area contributed by atoms with Crippen molar-refractivity contribution in [1.82, 2.24) is 4.98 Å². The summed E-state index contributed by atoms with van der Waals surface area (Å²) >= 11 is 7.05. The monoisotopic (exact) mass is 416 g/mol. The first-order chi connectivity index (χ1) is 11.8. The molecule has 7 nitrogen and oxygen atoms in total. The van der Waals surface area contributed by atoms with E-state index < -0.39 is 10.1 Å². The van der Waals surface area contributed by atoms with Crippen LogP contribution in [0.1, 0.15) is 0 Å². The van der Waals surface area contributed by atoms with Crippen molar-refractivity contribution in [2.75, 3.05) is 5.73 Å². The Morgan fingerprint density at radius 2 is 1.65 bits per heavy atom. The minimum Gasteiger partial charge on any atom is -0.744 e. The van der Waals surface area contributed by atoms with Gasteiger partial charge in [0, 0.05) is 10.6 Å². The van der Waals surface area contributed by atoms with Crippen molar-refractivity contribution in [3.05, 3.63) is 53.6 Å². The minimum absolute atomic E-state index is 0. The second-order valence-electron chi connectivity index (χ2n) is 4.86. The summed E-state index contributed by atoms with van der Waals surface area (Å²) in [5.74, 6) is 0. The van der Waals surface area contributed by atoms with Crippen molar-refractivity contribution in [3.8, 4) is 11.3 Å². The number of halogens is 1. The molecular weight excluding hydrogens is 407 g/mol. The van der Waals surface area contributed by atoms with Gasteiger partial charge in [-0.3, -0.25) is 0 Å². The van der Waals surface area contributed by atoms with Gasteiger partial charge < -0.3 is 10.3 Å². The van der Waals surface area contributed by atoms with Gasteiger partial charge in [-0.2, -0.15) is 0 Å². The van der Waals surface area contributed by atoms with E-state index in [0.717, 1.165) is 5.56 Å². The molecule has 3 rings (SSSR count). The molecule has 2 N–H and O–H groups in total. The fraction of sp³-hybridized carbons (Fsp3) is 0. The van der Waals surface area contributed by atoms with Gasteiger partial charge in [0.2, 0.25) is 0 Å². The van der Waals surface area contributed by atoms with Gasteiger partial charge in [-0.05, 0) is 36.4 Å². The zero-order chi connectivity index (χ0) is 18.0. The molecule has 0 spiro atoms. The number of rotatable bonds is 4. The maximum Gasteiger partial charge on any atom is 1.00 e. The SMILES string of the molecule is Nc1nc(-c2ccc(Cl)cc2)c(N=Nc2ccc(S(=O)(=O)[O-])cc2)s1.[Na+]. The molecule has 11 heteroatoms. The predicted octanol–water partition coefficient (Wildman–Crippen LogP) is 1.37. The third kappa shape index (κ3) is 5.10. The first-order valence-corrected chi connectivity index (χ1v) is 9.43. The molecular formula is C15H10ClN4NaO3S2. The van der Waals surface area contributed by atoms with E-state index in [1.54, 1.807) is 24.3 Å². The normalized spacial score (nSPS) is 11.5. The first kappa shape index (κ1) is 21.0.